The van der Waals surface area contributed by atoms with E-state index in [4.69, 9.17) is 25.8 Å². The lowest BCUT2D eigenvalue weighted by Crippen LogP contribution is -2.32. The molecule has 0 saturated carbocycles. The van der Waals surface area contributed by atoms with Gasteiger partial charge in [-0.15, -0.1) is 0 Å². The van der Waals surface area contributed by atoms with Crippen molar-refractivity contribution >= 4 is 23.5 Å². The number of hydrogen-bond acceptors (Lipinski definition) is 5. The molecule has 0 aromatic heterocycles. The van der Waals surface area contributed by atoms with Crippen LogP contribution in [0, 0.1) is 0 Å². The highest BCUT2D eigenvalue weighted by molar-refractivity contribution is 6.30. The van der Waals surface area contributed by atoms with E-state index in [1.165, 1.54) is 0 Å². The molecule has 6 heteroatoms. The summed E-state index contributed by atoms with van der Waals surface area (Å²) in [7, 11) is 0. The second-order valence-electron chi connectivity index (χ2n) is 4.10. The van der Waals surface area contributed by atoms with Crippen molar-refractivity contribution in [3.8, 4) is 5.75 Å². The molecular weight excluding hydrogens is 272 g/mol. The van der Waals surface area contributed by atoms with Crippen LogP contribution in [-0.2, 0) is 19.1 Å². The Morgan fingerprint density at radius 3 is 2.68 bits per heavy atom. The molecule has 1 fully saturated rings. The van der Waals surface area contributed by atoms with E-state index in [2.05, 4.69) is 0 Å². The van der Waals surface area contributed by atoms with Crippen LogP contribution in [0.2, 0.25) is 5.02 Å². The van der Waals surface area contributed by atoms with E-state index in [9.17, 15) is 9.59 Å². The second kappa shape index (κ2) is 5.93. The average Bonchev–Trinajstić information content (AvgIpc) is 2.78. The molecule has 1 saturated heterocycles. The molecule has 2 rings (SSSR count). The molecule has 0 amide bonds. The third kappa shape index (κ3) is 3.61. The zero-order valence-corrected chi connectivity index (χ0v) is 11.1. The SMILES string of the molecule is CC(Oc1ccc(Cl)cc1)C(=O)OC1CCOC1=O. The van der Waals surface area contributed by atoms with Crippen molar-refractivity contribution in [2.75, 3.05) is 6.61 Å². The zero-order valence-electron chi connectivity index (χ0n) is 10.3. The van der Waals surface area contributed by atoms with Crippen LogP contribution in [0.3, 0.4) is 0 Å². The topological polar surface area (TPSA) is 61.8 Å². The molecule has 2 atom stereocenters. The molecule has 102 valence electrons. The largest absolute Gasteiger partial charge is 0.479 e. The fourth-order valence-corrected chi connectivity index (χ4v) is 1.71. The van der Waals surface area contributed by atoms with Crippen molar-refractivity contribution in [1.82, 2.24) is 0 Å². The normalized spacial score (nSPS) is 19.7. The van der Waals surface area contributed by atoms with Crippen molar-refractivity contribution < 1.29 is 23.8 Å². The zero-order chi connectivity index (χ0) is 13.8. The Hall–Kier alpha value is -1.75. The Labute approximate surface area is 115 Å². The maximum absolute atomic E-state index is 11.7. The third-order valence-corrected chi connectivity index (χ3v) is 2.86. The van der Waals surface area contributed by atoms with Crippen molar-refractivity contribution in [3.05, 3.63) is 29.3 Å². The van der Waals surface area contributed by atoms with Gasteiger partial charge in [-0.1, -0.05) is 11.6 Å². The van der Waals surface area contributed by atoms with Gasteiger partial charge in [-0.2, -0.15) is 0 Å². The van der Waals surface area contributed by atoms with Gasteiger partial charge in [0.05, 0.1) is 6.61 Å². The van der Waals surface area contributed by atoms with E-state index in [-0.39, 0.29) is 6.61 Å². The van der Waals surface area contributed by atoms with E-state index >= 15 is 0 Å². The number of rotatable bonds is 4. The fourth-order valence-electron chi connectivity index (χ4n) is 1.59. The van der Waals surface area contributed by atoms with Crippen molar-refractivity contribution in [2.45, 2.75) is 25.6 Å². The van der Waals surface area contributed by atoms with Crippen LogP contribution in [0.1, 0.15) is 13.3 Å². The van der Waals surface area contributed by atoms with E-state index in [1.54, 1.807) is 31.2 Å². The summed E-state index contributed by atoms with van der Waals surface area (Å²) >= 11 is 5.74. The number of carbonyl (C=O) groups is 2. The minimum Gasteiger partial charge on any atom is -0.479 e. The van der Waals surface area contributed by atoms with E-state index in [0.717, 1.165) is 0 Å². The van der Waals surface area contributed by atoms with Gasteiger partial charge in [0, 0.05) is 11.4 Å². The van der Waals surface area contributed by atoms with Crippen LogP contribution in [0.5, 0.6) is 5.75 Å². The molecule has 1 heterocycles. The molecule has 5 nitrogen and oxygen atoms in total. The summed E-state index contributed by atoms with van der Waals surface area (Å²) in [6.45, 7) is 1.83. The summed E-state index contributed by atoms with van der Waals surface area (Å²) in [5.41, 5.74) is 0. The lowest BCUT2D eigenvalue weighted by Gasteiger charge is -2.15. The molecule has 0 radical (unpaired) electrons. The summed E-state index contributed by atoms with van der Waals surface area (Å²) < 4.78 is 15.1. The van der Waals surface area contributed by atoms with Crippen LogP contribution in [0.4, 0.5) is 0 Å². The lowest BCUT2D eigenvalue weighted by molar-refractivity contribution is -0.164. The van der Waals surface area contributed by atoms with Crippen LogP contribution >= 0.6 is 11.6 Å². The Morgan fingerprint density at radius 1 is 1.42 bits per heavy atom. The minimum absolute atomic E-state index is 0.281. The number of cyclic esters (lactones) is 1. The number of hydrogen-bond donors (Lipinski definition) is 0. The summed E-state index contributed by atoms with van der Waals surface area (Å²) in [6.07, 6.45) is -1.24. The van der Waals surface area contributed by atoms with Crippen molar-refractivity contribution in [3.63, 3.8) is 0 Å². The average molecular weight is 285 g/mol. The fraction of sp³-hybridized carbons (Fsp3) is 0.385. The maximum Gasteiger partial charge on any atom is 0.347 e. The quantitative estimate of drug-likeness (QED) is 0.791. The predicted molar refractivity (Wildman–Crippen MR) is 67.0 cm³/mol. The van der Waals surface area contributed by atoms with Gasteiger partial charge in [0.2, 0.25) is 6.10 Å². The first-order valence-corrected chi connectivity index (χ1v) is 6.23. The number of carbonyl (C=O) groups excluding carboxylic acids is 2. The van der Waals surface area contributed by atoms with Gasteiger partial charge in [-0.25, -0.2) is 9.59 Å². The van der Waals surface area contributed by atoms with Gasteiger partial charge >= 0.3 is 11.9 Å². The molecule has 2 unspecified atom stereocenters. The number of benzene rings is 1. The monoisotopic (exact) mass is 284 g/mol. The Bertz CT molecular complexity index is 470. The van der Waals surface area contributed by atoms with E-state index in [0.29, 0.717) is 17.2 Å². The molecular formula is C13H13ClO5. The molecule has 0 N–H and O–H groups in total. The summed E-state index contributed by atoms with van der Waals surface area (Å²) in [5.74, 6) is -0.603. The van der Waals surface area contributed by atoms with Gasteiger partial charge in [0.15, 0.2) is 6.10 Å². The maximum atomic E-state index is 11.7. The van der Waals surface area contributed by atoms with Crippen LogP contribution in [-0.4, -0.2) is 30.8 Å². The van der Waals surface area contributed by atoms with Gasteiger partial charge in [-0.05, 0) is 31.2 Å². The predicted octanol–water partition coefficient (Wildman–Crippen LogP) is 1.97. The van der Waals surface area contributed by atoms with E-state index in [1.807, 2.05) is 0 Å². The summed E-state index contributed by atoms with van der Waals surface area (Å²) in [4.78, 5) is 22.9. The van der Waals surface area contributed by atoms with Crippen LogP contribution < -0.4 is 4.74 Å². The molecule has 19 heavy (non-hydrogen) atoms. The first kappa shape index (κ1) is 13.7. The van der Waals surface area contributed by atoms with Crippen molar-refractivity contribution in [1.29, 1.82) is 0 Å². The Kier molecular flexibility index (Phi) is 4.27. The molecule has 1 aliphatic rings. The number of ether oxygens (including phenoxy) is 3. The lowest BCUT2D eigenvalue weighted by atomic mass is 10.3. The molecule has 0 bridgehead atoms. The Balaban J connectivity index is 1.88. The highest BCUT2D eigenvalue weighted by Gasteiger charge is 2.32. The van der Waals surface area contributed by atoms with Gasteiger partial charge in [0.1, 0.15) is 5.75 Å². The number of halogens is 1. The van der Waals surface area contributed by atoms with E-state index < -0.39 is 24.1 Å². The summed E-state index contributed by atoms with van der Waals surface area (Å²) in [5, 5.41) is 0.580. The highest BCUT2D eigenvalue weighted by Crippen LogP contribution is 2.18. The smallest absolute Gasteiger partial charge is 0.347 e. The van der Waals surface area contributed by atoms with Crippen LogP contribution in [0.15, 0.2) is 24.3 Å². The van der Waals surface area contributed by atoms with Gasteiger partial charge < -0.3 is 14.2 Å². The van der Waals surface area contributed by atoms with Gasteiger partial charge in [-0.3, -0.25) is 0 Å². The molecule has 0 spiro atoms. The molecule has 1 aliphatic heterocycles. The molecule has 1 aromatic carbocycles. The van der Waals surface area contributed by atoms with Crippen LogP contribution in [0.25, 0.3) is 0 Å². The molecule has 0 aliphatic carbocycles. The Morgan fingerprint density at radius 2 is 2.11 bits per heavy atom. The third-order valence-electron chi connectivity index (χ3n) is 2.60. The van der Waals surface area contributed by atoms with Crippen molar-refractivity contribution in [2.24, 2.45) is 0 Å². The second-order valence-corrected chi connectivity index (χ2v) is 4.53. The first-order chi connectivity index (χ1) is 9.06. The standard InChI is InChI=1S/C13H13ClO5/c1-8(18-10-4-2-9(14)3-5-10)12(15)19-11-6-7-17-13(11)16/h2-5,8,11H,6-7H2,1H3. The highest BCUT2D eigenvalue weighted by atomic mass is 35.5. The summed E-state index contributed by atoms with van der Waals surface area (Å²) in [6, 6.07) is 6.61. The molecule has 1 aromatic rings. The first-order valence-electron chi connectivity index (χ1n) is 5.85. The number of esters is 2. The minimum atomic E-state index is -0.816. The van der Waals surface area contributed by atoms with Gasteiger partial charge in [0.25, 0.3) is 0 Å².